The number of sulfonamides is 1. The molecule has 0 aliphatic carbocycles. The molecule has 0 atom stereocenters. The Bertz CT molecular complexity index is 562. The molecule has 19 heavy (non-hydrogen) atoms. The molecule has 0 bridgehead atoms. The first-order valence-corrected chi connectivity index (χ1v) is 6.17. The van der Waals surface area contributed by atoms with Gasteiger partial charge in [0, 0.05) is 12.7 Å². The standard InChI is InChI=1S/C9H9F5N2O2S/c1-16(4-9(12,13)14)19(17,18)8-6(10)2-5(15)3-7(8)11/h2-3H,4,15H2,1H3. The maximum absolute atomic E-state index is 13.4. The molecule has 10 heteroatoms. The van der Waals surface area contributed by atoms with Crippen molar-refractivity contribution in [3.05, 3.63) is 23.8 Å². The zero-order chi connectivity index (χ0) is 15.0. The molecule has 0 unspecified atom stereocenters. The monoisotopic (exact) mass is 304 g/mol. The van der Waals surface area contributed by atoms with Gasteiger partial charge in [0.1, 0.15) is 18.2 Å². The SMILES string of the molecule is CN(CC(F)(F)F)S(=O)(=O)c1c(F)cc(N)cc1F. The van der Waals surface area contributed by atoms with Gasteiger partial charge < -0.3 is 5.73 Å². The first-order valence-electron chi connectivity index (χ1n) is 4.73. The van der Waals surface area contributed by atoms with Gasteiger partial charge in [-0.05, 0) is 12.1 Å². The quantitative estimate of drug-likeness (QED) is 0.683. The van der Waals surface area contributed by atoms with Crippen LogP contribution in [0.4, 0.5) is 27.6 Å². The van der Waals surface area contributed by atoms with Gasteiger partial charge >= 0.3 is 6.18 Å². The fraction of sp³-hybridized carbons (Fsp3) is 0.333. The van der Waals surface area contributed by atoms with E-state index in [0.717, 1.165) is 0 Å². The second-order valence-electron chi connectivity index (χ2n) is 3.69. The number of benzene rings is 1. The van der Waals surface area contributed by atoms with E-state index in [2.05, 4.69) is 0 Å². The zero-order valence-corrected chi connectivity index (χ0v) is 10.3. The number of halogens is 5. The van der Waals surface area contributed by atoms with E-state index in [9.17, 15) is 30.4 Å². The number of hydrogen-bond donors (Lipinski definition) is 1. The molecular formula is C9H9F5N2O2S. The molecule has 0 amide bonds. The number of nitrogens with two attached hydrogens (primary N) is 1. The maximum Gasteiger partial charge on any atom is 0.402 e. The second kappa shape index (κ2) is 4.93. The summed E-state index contributed by atoms with van der Waals surface area (Å²) in [7, 11) is -4.37. The largest absolute Gasteiger partial charge is 0.402 e. The first kappa shape index (κ1) is 15.6. The van der Waals surface area contributed by atoms with Crippen molar-refractivity contribution in [3.8, 4) is 0 Å². The van der Waals surface area contributed by atoms with Crippen LogP contribution in [0.2, 0.25) is 0 Å². The number of alkyl halides is 3. The molecular weight excluding hydrogens is 295 g/mol. The lowest BCUT2D eigenvalue weighted by Gasteiger charge is -2.19. The molecule has 108 valence electrons. The molecule has 1 rings (SSSR count). The number of rotatable bonds is 3. The number of anilines is 1. The van der Waals surface area contributed by atoms with Gasteiger partial charge in [0.05, 0.1) is 0 Å². The van der Waals surface area contributed by atoms with Crippen molar-refractivity contribution >= 4 is 15.7 Å². The lowest BCUT2D eigenvalue weighted by atomic mass is 10.3. The average Bonchev–Trinajstić information content (AvgIpc) is 2.11. The van der Waals surface area contributed by atoms with E-state index in [1.54, 1.807) is 0 Å². The summed E-state index contributed by atoms with van der Waals surface area (Å²) in [6.45, 7) is -1.86. The lowest BCUT2D eigenvalue weighted by molar-refractivity contribution is -0.134. The van der Waals surface area contributed by atoms with Crippen molar-refractivity contribution in [1.29, 1.82) is 0 Å². The van der Waals surface area contributed by atoms with Crippen molar-refractivity contribution in [2.45, 2.75) is 11.1 Å². The third-order valence-electron chi connectivity index (χ3n) is 2.09. The Morgan fingerprint density at radius 2 is 1.63 bits per heavy atom. The third kappa shape index (κ3) is 3.53. The van der Waals surface area contributed by atoms with E-state index in [1.165, 1.54) is 0 Å². The van der Waals surface area contributed by atoms with Gasteiger partial charge in [-0.15, -0.1) is 0 Å². The van der Waals surface area contributed by atoms with Gasteiger partial charge in [-0.3, -0.25) is 0 Å². The predicted molar refractivity (Wildman–Crippen MR) is 56.6 cm³/mol. The Balaban J connectivity index is 3.29. The minimum Gasteiger partial charge on any atom is -0.399 e. The minimum absolute atomic E-state index is 0.190. The minimum atomic E-state index is -4.94. The summed E-state index contributed by atoms with van der Waals surface area (Å²) < 4.78 is 86.2. The second-order valence-corrected chi connectivity index (χ2v) is 5.67. The van der Waals surface area contributed by atoms with E-state index in [1.807, 2.05) is 0 Å². The number of nitrogens with zero attached hydrogens (tertiary/aromatic N) is 1. The summed E-state index contributed by atoms with van der Waals surface area (Å²) in [6.07, 6.45) is -4.83. The first-order chi connectivity index (χ1) is 8.45. The molecule has 0 saturated heterocycles. The van der Waals surface area contributed by atoms with Crippen molar-refractivity contribution in [3.63, 3.8) is 0 Å². The van der Waals surface area contributed by atoms with Crippen molar-refractivity contribution in [1.82, 2.24) is 4.31 Å². The molecule has 2 N–H and O–H groups in total. The van der Waals surface area contributed by atoms with Gasteiger partial charge in [0.15, 0.2) is 4.90 Å². The summed E-state index contributed by atoms with van der Waals surface area (Å²) in [5, 5.41) is 0. The molecule has 1 aromatic rings. The highest BCUT2D eigenvalue weighted by atomic mass is 32.2. The van der Waals surface area contributed by atoms with E-state index in [4.69, 9.17) is 5.73 Å². The van der Waals surface area contributed by atoms with Gasteiger partial charge in [-0.2, -0.15) is 17.5 Å². The smallest absolute Gasteiger partial charge is 0.399 e. The molecule has 0 saturated carbocycles. The normalized spacial score (nSPS) is 13.0. The summed E-state index contributed by atoms with van der Waals surface area (Å²) in [5.74, 6) is -3.10. The summed E-state index contributed by atoms with van der Waals surface area (Å²) in [4.78, 5) is -1.46. The van der Waals surface area contributed by atoms with E-state index >= 15 is 0 Å². The molecule has 0 aromatic heterocycles. The Labute approximate surface area is 105 Å². The predicted octanol–water partition coefficient (Wildman–Crippen LogP) is 1.73. The Hall–Kier alpha value is -1.42. The van der Waals surface area contributed by atoms with Crippen LogP contribution < -0.4 is 5.73 Å². The van der Waals surface area contributed by atoms with Crippen LogP contribution in [-0.2, 0) is 10.0 Å². The highest BCUT2D eigenvalue weighted by molar-refractivity contribution is 7.89. The van der Waals surface area contributed by atoms with Gasteiger partial charge in [0.2, 0.25) is 10.0 Å². The van der Waals surface area contributed by atoms with Crippen LogP contribution in [0, 0.1) is 11.6 Å². The molecule has 0 aliphatic heterocycles. The van der Waals surface area contributed by atoms with Crippen molar-refractivity contribution in [2.24, 2.45) is 0 Å². The van der Waals surface area contributed by atoms with Gasteiger partial charge in [-0.25, -0.2) is 17.2 Å². The Kier molecular flexibility index (Phi) is 4.06. The summed E-state index contributed by atoms with van der Waals surface area (Å²) >= 11 is 0. The molecule has 0 spiro atoms. The Morgan fingerprint density at radius 1 is 1.21 bits per heavy atom. The fourth-order valence-corrected chi connectivity index (χ4v) is 2.56. The van der Waals surface area contributed by atoms with Gasteiger partial charge in [-0.1, -0.05) is 0 Å². The number of hydrogen-bond acceptors (Lipinski definition) is 3. The average molecular weight is 304 g/mol. The third-order valence-corrected chi connectivity index (χ3v) is 3.95. The van der Waals surface area contributed by atoms with Crippen LogP contribution in [0.1, 0.15) is 0 Å². The van der Waals surface area contributed by atoms with Crippen molar-refractivity contribution < 1.29 is 30.4 Å². The molecule has 1 aromatic carbocycles. The zero-order valence-electron chi connectivity index (χ0n) is 9.50. The van der Waals surface area contributed by atoms with E-state index < -0.39 is 39.3 Å². The van der Waals surface area contributed by atoms with Crippen LogP contribution in [0.5, 0.6) is 0 Å². The van der Waals surface area contributed by atoms with Crippen LogP contribution in [-0.4, -0.2) is 32.5 Å². The van der Waals surface area contributed by atoms with Crippen molar-refractivity contribution in [2.75, 3.05) is 19.3 Å². The van der Waals surface area contributed by atoms with Gasteiger partial charge in [0.25, 0.3) is 0 Å². The van der Waals surface area contributed by atoms with Crippen LogP contribution >= 0.6 is 0 Å². The topological polar surface area (TPSA) is 63.4 Å². The highest BCUT2D eigenvalue weighted by Gasteiger charge is 2.37. The highest BCUT2D eigenvalue weighted by Crippen LogP contribution is 2.26. The summed E-state index contributed by atoms with van der Waals surface area (Å²) in [6, 6.07) is 1.02. The molecule has 4 nitrogen and oxygen atoms in total. The van der Waals surface area contributed by atoms with E-state index in [-0.39, 0.29) is 9.99 Å². The maximum atomic E-state index is 13.4. The van der Waals surface area contributed by atoms with Crippen LogP contribution in [0.15, 0.2) is 17.0 Å². The van der Waals surface area contributed by atoms with Crippen LogP contribution in [0.25, 0.3) is 0 Å². The van der Waals surface area contributed by atoms with E-state index in [0.29, 0.717) is 19.2 Å². The summed E-state index contributed by atoms with van der Waals surface area (Å²) in [5.41, 5.74) is 4.70. The lowest BCUT2D eigenvalue weighted by Crippen LogP contribution is -2.36. The molecule has 0 radical (unpaired) electrons. The molecule has 0 fully saturated rings. The fourth-order valence-electron chi connectivity index (χ4n) is 1.32. The number of nitrogen functional groups attached to an aromatic ring is 1. The molecule has 0 aliphatic rings. The molecule has 0 heterocycles. The Morgan fingerprint density at radius 3 is 2.00 bits per heavy atom. The van der Waals surface area contributed by atoms with Crippen LogP contribution in [0.3, 0.4) is 0 Å².